The summed E-state index contributed by atoms with van der Waals surface area (Å²) in [5.41, 5.74) is 2.80. The zero-order chi connectivity index (χ0) is 11.4. The van der Waals surface area contributed by atoms with Crippen LogP contribution in [0.5, 0.6) is 0 Å². The molecule has 3 heteroatoms. The predicted molar refractivity (Wildman–Crippen MR) is 72.4 cm³/mol. The van der Waals surface area contributed by atoms with Gasteiger partial charge in [-0.25, -0.2) is 4.89 Å². The zero-order valence-electron chi connectivity index (χ0n) is 9.49. The second-order valence-corrected chi connectivity index (χ2v) is 4.90. The van der Waals surface area contributed by atoms with Crippen LogP contribution >= 0.6 is 23.0 Å². The maximum absolute atomic E-state index is 5.17. The molecule has 0 heterocycles. The Kier molecular flexibility index (Phi) is 4.61. The highest BCUT2D eigenvalue weighted by Crippen LogP contribution is 2.34. The van der Waals surface area contributed by atoms with Gasteiger partial charge in [-0.1, -0.05) is 29.8 Å². The molecule has 0 aliphatic heterocycles. The highest BCUT2D eigenvalue weighted by atomic mass is 127. The lowest BCUT2D eigenvalue weighted by Crippen LogP contribution is -2.19. The largest absolute Gasteiger partial charge is 0.223 e. The van der Waals surface area contributed by atoms with E-state index in [4.69, 9.17) is 8.10 Å². The van der Waals surface area contributed by atoms with Gasteiger partial charge in [-0.15, -0.1) is 0 Å². The molecule has 1 aliphatic rings. The molecule has 0 saturated heterocycles. The molecule has 0 radical (unpaired) electrons. The zero-order valence-corrected chi connectivity index (χ0v) is 11.6. The van der Waals surface area contributed by atoms with E-state index in [0.29, 0.717) is 12.0 Å². The van der Waals surface area contributed by atoms with Crippen LogP contribution in [0, 0.1) is 6.92 Å². The van der Waals surface area contributed by atoms with Crippen molar-refractivity contribution in [1.29, 1.82) is 0 Å². The standard InChI is InChI=1S/C13H17IO2/c1-10-2-4-11(5-3-10)12-6-8-13(9-7-12)15-16-14/h2-5,12-13H,6-9H2,1H3. The number of aryl methyl sites for hydroxylation is 1. The van der Waals surface area contributed by atoms with Crippen LogP contribution in [-0.4, -0.2) is 6.10 Å². The number of hydrogen-bond acceptors (Lipinski definition) is 2. The minimum absolute atomic E-state index is 0.290. The molecule has 0 amide bonds. The van der Waals surface area contributed by atoms with E-state index in [1.165, 1.54) is 24.0 Å². The summed E-state index contributed by atoms with van der Waals surface area (Å²) in [6.07, 6.45) is 4.89. The predicted octanol–water partition coefficient (Wildman–Crippen LogP) is 4.32. The third-order valence-electron chi connectivity index (χ3n) is 3.40. The number of rotatable bonds is 3. The van der Waals surface area contributed by atoms with Crippen molar-refractivity contribution >= 4 is 23.0 Å². The summed E-state index contributed by atoms with van der Waals surface area (Å²) in [7, 11) is 0. The lowest BCUT2D eigenvalue weighted by atomic mass is 9.82. The Bertz CT molecular complexity index is 315. The van der Waals surface area contributed by atoms with E-state index in [0.717, 1.165) is 12.8 Å². The van der Waals surface area contributed by atoms with E-state index in [2.05, 4.69) is 31.2 Å². The fourth-order valence-electron chi connectivity index (χ4n) is 2.38. The average Bonchev–Trinajstić information content (AvgIpc) is 2.32. The quantitative estimate of drug-likeness (QED) is 0.466. The van der Waals surface area contributed by atoms with E-state index in [1.807, 2.05) is 0 Å². The van der Waals surface area contributed by atoms with E-state index in [-0.39, 0.29) is 0 Å². The first kappa shape index (κ1) is 12.3. The number of halogens is 1. The number of hydrogen-bond donors (Lipinski definition) is 0. The van der Waals surface area contributed by atoms with Gasteiger partial charge in [0.1, 0.15) is 0 Å². The van der Waals surface area contributed by atoms with Gasteiger partial charge in [-0.2, -0.15) is 3.22 Å². The summed E-state index contributed by atoms with van der Waals surface area (Å²) in [5, 5.41) is 0. The third kappa shape index (κ3) is 3.18. The molecule has 16 heavy (non-hydrogen) atoms. The van der Waals surface area contributed by atoms with Gasteiger partial charge < -0.3 is 0 Å². The Morgan fingerprint density at radius 2 is 1.69 bits per heavy atom. The van der Waals surface area contributed by atoms with Crippen LogP contribution in [0.25, 0.3) is 0 Å². The smallest absolute Gasteiger partial charge is 0.155 e. The number of benzene rings is 1. The van der Waals surface area contributed by atoms with E-state index in [1.54, 1.807) is 23.0 Å². The van der Waals surface area contributed by atoms with Crippen molar-refractivity contribution < 1.29 is 8.10 Å². The van der Waals surface area contributed by atoms with Gasteiger partial charge in [0, 0.05) is 0 Å². The fourth-order valence-corrected chi connectivity index (χ4v) is 2.68. The SMILES string of the molecule is Cc1ccc(C2CCC(OOI)CC2)cc1. The van der Waals surface area contributed by atoms with E-state index in [9.17, 15) is 0 Å². The van der Waals surface area contributed by atoms with Crippen molar-refractivity contribution in [2.45, 2.75) is 44.6 Å². The second kappa shape index (κ2) is 5.98. The van der Waals surface area contributed by atoms with Crippen LogP contribution in [0.2, 0.25) is 0 Å². The third-order valence-corrected chi connectivity index (χ3v) is 3.60. The molecular formula is C13H17IO2. The van der Waals surface area contributed by atoms with E-state index < -0.39 is 0 Å². The van der Waals surface area contributed by atoms with Crippen LogP contribution in [0.15, 0.2) is 24.3 Å². The van der Waals surface area contributed by atoms with Gasteiger partial charge >= 0.3 is 0 Å². The molecule has 2 rings (SSSR count). The summed E-state index contributed by atoms with van der Waals surface area (Å²) in [5.74, 6) is 0.703. The van der Waals surface area contributed by atoms with Crippen molar-refractivity contribution in [3.63, 3.8) is 0 Å². The Morgan fingerprint density at radius 3 is 2.25 bits per heavy atom. The summed E-state index contributed by atoms with van der Waals surface area (Å²) < 4.78 is 4.71. The molecule has 0 spiro atoms. The second-order valence-electron chi connectivity index (χ2n) is 4.54. The fraction of sp³-hybridized carbons (Fsp3) is 0.538. The molecule has 1 saturated carbocycles. The first-order chi connectivity index (χ1) is 7.79. The molecule has 1 fully saturated rings. The van der Waals surface area contributed by atoms with Crippen LogP contribution < -0.4 is 0 Å². The minimum Gasteiger partial charge on any atom is -0.223 e. The molecule has 0 unspecified atom stereocenters. The van der Waals surface area contributed by atoms with E-state index >= 15 is 0 Å². The van der Waals surface area contributed by atoms with Crippen LogP contribution in [0.3, 0.4) is 0 Å². The summed E-state index contributed by atoms with van der Waals surface area (Å²) >= 11 is 1.79. The van der Waals surface area contributed by atoms with Crippen molar-refractivity contribution in [3.05, 3.63) is 35.4 Å². The molecule has 88 valence electrons. The summed E-state index contributed by atoms with van der Waals surface area (Å²) in [6, 6.07) is 8.92. The van der Waals surface area contributed by atoms with Crippen molar-refractivity contribution in [2.24, 2.45) is 0 Å². The van der Waals surface area contributed by atoms with Gasteiger partial charge in [0.2, 0.25) is 0 Å². The molecule has 0 N–H and O–H groups in total. The summed E-state index contributed by atoms with van der Waals surface area (Å²) in [6.45, 7) is 2.13. The molecule has 1 aliphatic carbocycles. The van der Waals surface area contributed by atoms with Gasteiger partial charge in [-0.05, 0) is 44.1 Å². The molecular weight excluding hydrogens is 315 g/mol. The normalized spacial score (nSPS) is 25.6. The van der Waals surface area contributed by atoms with Gasteiger partial charge in [0.15, 0.2) is 23.0 Å². The molecule has 1 aromatic rings. The topological polar surface area (TPSA) is 18.5 Å². The van der Waals surface area contributed by atoms with Crippen molar-refractivity contribution in [2.75, 3.05) is 0 Å². The maximum atomic E-state index is 5.17. The first-order valence-corrected chi connectivity index (χ1v) is 6.68. The average molecular weight is 332 g/mol. The first-order valence-electron chi connectivity index (χ1n) is 5.80. The van der Waals surface area contributed by atoms with Gasteiger partial charge in [0.05, 0.1) is 6.10 Å². The highest BCUT2D eigenvalue weighted by molar-refractivity contribution is 14.1. The summed E-state index contributed by atoms with van der Waals surface area (Å²) in [4.78, 5) is 5.17. The van der Waals surface area contributed by atoms with Gasteiger partial charge in [-0.3, -0.25) is 0 Å². The molecule has 2 nitrogen and oxygen atoms in total. The highest BCUT2D eigenvalue weighted by Gasteiger charge is 2.23. The van der Waals surface area contributed by atoms with Crippen molar-refractivity contribution in [3.8, 4) is 0 Å². The van der Waals surface area contributed by atoms with Crippen LogP contribution in [0.1, 0.15) is 42.7 Å². The molecule has 0 bridgehead atoms. The lowest BCUT2D eigenvalue weighted by Gasteiger charge is -2.27. The molecule has 0 aromatic heterocycles. The van der Waals surface area contributed by atoms with Gasteiger partial charge in [0.25, 0.3) is 0 Å². The van der Waals surface area contributed by atoms with Crippen LogP contribution in [0.4, 0.5) is 0 Å². The molecule has 0 atom stereocenters. The van der Waals surface area contributed by atoms with Crippen molar-refractivity contribution in [1.82, 2.24) is 0 Å². The minimum atomic E-state index is 0.290. The van der Waals surface area contributed by atoms with Crippen LogP contribution in [-0.2, 0) is 8.10 Å². The maximum Gasteiger partial charge on any atom is 0.155 e. The Morgan fingerprint density at radius 1 is 1.06 bits per heavy atom. The monoisotopic (exact) mass is 332 g/mol. The molecule has 1 aromatic carbocycles. The Hall–Kier alpha value is -0.130. The lowest BCUT2D eigenvalue weighted by molar-refractivity contribution is -0.217. The Labute approximate surface area is 111 Å². The Balaban J connectivity index is 1.91.